The van der Waals surface area contributed by atoms with Gasteiger partial charge in [0.2, 0.25) is 0 Å². The molecule has 1 amide bonds. The Morgan fingerprint density at radius 3 is 2.39 bits per heavy atom. The van der Waals surface area contributed by atoms with Crippen LogP contribution < -0.4 is 0 Å². The number of benzene rings is 3. The lowest BCUT2D eigenvalue weighted by atomic mass is 10.1. The highest BCUT2D eigenvalue weighted by molar-refractivity contribution is 6.42. The van der Waals surface area contributed by atoms with E-state index in [1.54, 1.807) is 12.1 Å². The van der Waals surface area contributed by atoms with Gasteiger partial charge in [-0.1, -0.05) is 65.1 Å². The predicted octanol–water partition coefficient (Wildman–Crippen LogP) is 7.89. The predicted molar refractivity (Wildman–Crippen MR) is 137 cm³/mol. The van der Waals surface area contributed by atoms with Crippen molar-refractivity contribution in [3.63, 3.8) is 0 Å². The van der Waals surface area contributed by atoms with Crippen molar-refractivity contribution in [2.24, 2.45) is 0 Å². The van der Waals surface area contributed by atoms with Crippen molar-refractivity contribution >= 4 is 51.6 Å². The summed E-state index contributed by atoms with van der Waals surface area (Å²) < 4.78 is 0. The van der Waals surface area contributed by atoms with Gasteiger partial charge >= 0.3 is 0 Å². The molecule has 3 nitrogen and oxygen atoms in total. The quantitative estimate of drug-likeness (QED) is 0.277. The summed E-state index contributed by atoms with van der Waals surface area (Å²) in [5.41, 5.74) is 4.89. The van der Waals surface area contributed by atoms with Gasteiger partial charge in [0.15, 0.2) is 0 Å². The fourth-order valence-corrected chi connectivity index (χ4v) is 4.77. The second-order valence-electron chi connectivity index (χ2n) is 8.64. The Balaban J connectivity index is 1.43. The number of nitrogens with zero attached hydrogens (tertiary/aromatic N) is 1. The number of fused-ring (bicyclic) bond motifs is 1. The highest BCUT2D eigenvalue weighted by atomic mass is 35.5. The molecule has 6 heteroatoms. The topological polar surface area (TPSA) is 36.1 Å². The largest absolute Gasteiger partial charge is 0.361 e. The van der Waals surface area contributed by atoms with Crippen molar-refractivity contribution in [3.8, 4) is 0 Å². The molecule has 0 bridgehead atoms. The summed E-state index contributed by atoms with van der Waals surface area (Å²) in [5.74, 6) is 0.648. The smallest absolute Gasteiger partial charge is 0.256 e. The minimum absolute atomic E-state index is 0.0590. The molecule has 1 aliphatic carbocycles. The third kappa shape index (κ3) is 5.06. The van der Waals surface area contributed by atoms with Gasteiger partial charge in [0, 0.05) is 29.7 Å². The Labute approximate surface area is 208 Å². The molecule has 0 radical (unpaired) electrons. The number of aromatic amines is 1. The first kappa shape index (κ1) is 22.3. The van der Waals surface area contributed by atoms with Crippen LogP contribution in [0.25, 0.3) is 10.9 Å². The number of nitrogens with one attached hydrogen (secondary N) is 1. The van der Waals surface area contributed by atoms with Gasteiger partial charge in [-0.15, -0.1) is 0 Å². The number of halogens is 3. The first-order valence-corrected chi connectivity index (χ1v) is 12.2. The molecule has 168 valence electrons. The van der Waals surface area contributed by atoms with Crippen LogP contribution in [-0.2, 0) is 13.0 Å². The van der Waals surface area contributed by atoms with Crippen LogP contribution in [0.1, 0.15) is 45.8 Å². The van der Waals surface area contributed by atoms with Crippen molar-refractivity contribution in [1.29, 1.82) is 0 Å². The lowest BCUT2D eigenvalue weighted by molar-refractivity contribution is 0.0747. The van der Waals surface area contributed by atoms with Crippen LogP contribution in [-0.4, -0.2) is 22.3 Å². The minimum Gasteiger partial charge on any atom is -0.361 e. The molecular formula is C27H23Cl3N2O. The number of carbonyl (C=O) groups is 1. The fraction of sp³-hybridized carbons (Fsp3) is 0.222. The zero-order valence-corrected chi connectivity index (χ0v) is 20.2. The Hall–Kier alpha value is -2.46. The monoisotopic (exact) mass is 496 g/mol. The summed E-state index contributed by atoms with van der Waals surface area (Å²) in [5, 5.41) is 2.51. The van der Waals surface area contributed by atoms with Gasteiger partial charge in [-0.25, -0.2) is 0 Å². The van der Waals surface area contributed by atoms with Crippen molar-refractivity contribution in [2.75, 3.05) is 6.54 Å². The minimum atomic E-state index is -0.0590. The van der Waals surface area contributed by atoms with E-state index in [1.807, 2.05) is 35.4 Å². The summed E-state index contributed by atoms with van der Waals surface area (Å²) in [6, 6.07) is 19.8. The van der Waals surface area contributed by atoms with E-state index >= 15 is 0 Å². The SMILES string of the molecule is O=C(c1cc(Cl)cc2cc[nH]c12)N(CCc1ccc(Cl)c(Cl)c1)Cc1ccc(C2CC2)cc1. The number of carbonyl (C=O) groups excluding carboxylic acids is 1. The van der Waals surface area contributed by atoms with Crippen LogP contribution in [0.4, 0.5) is 0 Å². The first-order chi connectivity index (χ1) is 16.0. The van der Waals surface area contributed by atoms with Crippen molar-refractivity contribution in [3.05, 3.63) is 104 Å². The molecule has 1 aliphatic rings. The lowest BCUT2D eigenvalue weighted by Gasteiger charge is -2.24. The molecule has 5 rings (SSSR count). The van der Waals surface area contributed by atoms with Crippen LogP contribution in [0.5, 0.6) is 0 Å². The van der Waals surface area contributed by atoms with Crippen LogP contribution in [0.15, 0.2) is 66.9 Å². The van der Waals surface area contributed by atoms with E-state index in [4.69, 9.17) is 34.8 Å². The average Bonchev–Trinajstić information content (AvgIpc) is 3.56. The molecule has 1 saturated carbocycles. The zero-order valence-electron chi connectivity index (χ0n) is 18.0. The number of hydrogen-bond donors (Lipinski definition) is 1. The van der Waals surface area contributed by atoms with Gasteiger partial charge in [-0.3, -0.25) is 4.79 Å². The van der Waals surface area contributed by atoms with Crippen molar-refractivity contribution in [1.82, 2.24) is 9.88 Å². The Morgan fingerprint density at radius 2 is 1.67 bits per heavy atom. The first-order valence-electron chi connectivity index (χ1n) is 11.1. The average molecular weight is 498 g/mol. The molecule has 3 aromatic carbocycles. The molecular weight excluding hydrogens is 475 g/mol. The number of amides is 1. The maximum atomic E-state index is 13.7. The molecule has 1 fully saturated rings. The van der Waals surface area contributed by atoms with Gasteiger partial charge in [-0.05, 0) is 72.2 Å². The lowest BCUT2D eigenvalue weighted by Crippen LogP contribution is -2.32. The molecule has 33 heavy (non-hydrogen) atoms. The van der Waals surface area contributed by atoms with Crippen LogP contribution in [0, 0.1) is 0 Å². The highest BCUT2D eigenvalue weighted by Crippen LogP contribution is 2.40. The Bertz CT molecular complexity index is 1310. The number of aromatic nitrogens is 1. The van der Waals surface area contributed by atoms with Gasteiger partial charge in [-0.2, -0.15) is 0 Å². The number of rotatable bonds is 7. The van der Waals surface area contributed by atoms with Crippen LogP contribution in [0.3, 0.4) is 0 Å². The third-order valence-corrected chi connectivity index (χ3v) is 7.16. The van der Waals surface area contributed by atoms with Crippen LogP contribution >= 0.6 is 34.8 Å². The summed E-state index contributed by atoms with van der Waals surface area (Å²) in [7, 11) is 0. The molecule has 0 atom stereocenters. The molecule has 1 N–H and O–H groups in total. The standard InChI is InChI=1S/C27H23Cl3N2O/c28-22-14-21-9-11-31-26(21)23(15-22)27(33)32(12-10-17-3-8-24(29)25(30)13-17)16-18-1-4-19(5-2-18)20-6-7-20/h1-5,8-9,11,13-15,20,31H,6-7,10,12,16H2. The summed E-state index contributed by atoms with van der Waals surface area (Å²) in [6.07, 6.45) is 5.04. The maximum Gasteiger partial charge on any atom is 0.256 e. The molecule has 1 heterocycles. The van der Waals surface area contributed by atoms with E-state index in [0.717, 1.165) is 22.0 Å². The van der Waals surface area contributed by atoms with Crippen molar-refractivity contribution in [2.45, 2.75) is 31.7 Å². The highest BCUT2D eigenvalue weighted by Gasteiger charge is 2.24. The van der Waals surface area contributed by atoms with E-state index < -0.39 is 0 Å². The van der Waals surface area contributed by atoms with Crippen LogP contribution in [0.2, 0.25) is 15.1 Å². The van der Waals surface area contributed by atoms with E-state index in [-0.39, 0.29) is 5.91 Å². The van der Waals surface area contributed by atoms with Crippen molar-refractivity contribution < 1.29 is 4.79 Å². The van der Waals surface area contributed by atoms with Gasteiger partial charge < -0.3 is 9.88 Å². The second kappa shape index (κ2) is 9.42. The summed E-state index contributed by atoms with van der Waals surface area (Å²) in [6.45, 7) is 1.05. The van der Waals surface area contributed by atoms with Gasteiger partial charge in [0.25, 0.3) is 5.91 Å². The van der Waals surface area contributed by atoms with E-state index in [2.05, 4.69) is 29.2 Å². The zero-order chi connectivity index (χ0) is 22.9. The molecule has 0 aliphatic heterocycles. The molecule has 4 aromatic rings. The summed E-state index contributed by atoms with van der Waals surface area (Å²) in [4.78, 5) is 18.8. The van der Waals surface area contributed by atoms with Gasteiger partial charge in [0.05, 0.1) is 21.1 Å². The summed E-state index contributed by atoms with van der Waals surface area (Å²) >= 11 is 18.6. The van der Waals surface area contributed by atoms with Gasteiger partial charge in [0.1, 0.15) is 0 Å². The second-order valence-corrected chi connectivity index (χ2v) is 9.89. The molecule has 0 spiro atoms. The molecule has 0 saturated heterocycles. The molecule has 0 unspecified atom stereocenters. The normalized spacial score (nSPS) is 13.4. The Kier molecular flexibility index (Phi) is 6.38. The van der Waals surface area contributed by atoms with E-state index in [1.165, 1.54) is 18.4 Å². The third-order valence-electron chi connectivity index (χ3n) is 6.20. The Morgan fingerprint density at radius 1 is 0.909 bits per heavy atom. The van der Waals surface area contributed by atoms with E-state index in [0.29, 0.717) is 46.1 Å². The number of hydrogen-bond acceptors (Lipinski definition) is 1. The maximum absolute atomic E-state index is 13.7. The molecule has 1 aromatic heterocycles. The number of H-pyrrole nitrogens is 1. The fourth-order valence-electron chi connectivity index (χ4n) is 4.22. The van der Waals surface area contributed by atoms with E-state index in [9.17, 15) is 4.79 Å².